The van der Waals surface area contributed by atoms with Crippen molar-refractivity contribution in [3.8, 4) is 0 Å². The molecule has 0 fully saturated rings. The second-order valence-electron chi connectivity index (χ2n) is 7.10. The molecule has 20 heavy (non-hydrogen) atoms. The zero-order chi connectivity index (χ0) is 15.4. The van der Waals surface area contributed by atoms with Gasteiger partial charge in [0, 0.05) is 21.8 Å². The molecule has 0 unspecified atom stereocenters. The topological polar surface area (TPSA) is 38.3 Å². The Labute approximate surface area is 126 Å². The summed E-state index contributed by atoms with van der Waals surface area (Å²) in [4.78, 5) is 13.5. The molecule has 0 aliphatic rings. The molecule has 0 saturated carbocycles. The predicted octanol–water partition coefficient (Wildman–Crippen LogP) is 3.77. The highest BCUT2D eigenvalue weighted by Gasteiger charge is 2.24. The minimum absolute atomic E-state index is 0.102. The van der Waals surface area contributed by atoms with E-state index in [0.29, 0.717) is 11.8 Å². The van der Waals surface area contributed by atoms with Gasteiger partial charge >= 0.3 is 5.97 Å². The Morgan fingerprint density at radius 2 is 1.80 bits per heavy atom. The molecule has 0 aromatic carbocycles. The van der Waals surface area contributed by atoms with Crippen LogP contribution in [0.1, 0.15) is 50.8 Å². The quantitative estimate of drug-likeness (QED) is 0.812. The first kappa shape index (κ1) is 17.2. The van der Waals surface area contributed by atoms with E-state index in [1.807, 2.05) is 6.07 Å². The third-order valence-corrected chi connectivity index (χ3v) is 4.06. The Kier molecular flexibility index (Phi) is 5.78. The molecule has 0 amide bonds. The van der Waals surface area contributed by atoms with Gasteiger partial charge in [-0.15, -0.1) is 11.3 Å². The van der Waals surface area contributed by atoms with E-state index in [0.717, 1.165) is 17.8 Å². The van der Waals surface area contributed by atoms with E-state index in [2.05, 4.69) is 50.7 Å². The number of ether oxygens (including phenoxy) is 1. The fourth-order valence-electron chi connectivity index (χ4n) is 2.54. The number of hydrogen-bond acceptors (Lipinski definition) is 4. The van der Waals surface area contributed by atoms with Crippen LogP contribution in [-0.4, -0.2) is 18.6 Å². The number of esters is 1. The lowest BCUT2D eigenvalue weighted by atomic mass is 9.82. The van der Waals surface area contributed by atoms with Gasteiger partial charge < -0.3 is 10.1 Å². The lowest BCUT2D eigenvalue weighted by molar-refractivity contribution is -0.139. The summed E-state index contributed by atoms with van der Waals surface area (Å²) in [6.07, 6.45) is 1.48. The minimum atomic E-state index is -0.181. The van der Waals surface area contributed by atoms with Crippen LogP contribution < -0.4 is 5.32 Å². The maximum absolute atomic E-state index is 11.2. The first-order chi connectivity index (χ1) is 9.11. The van der Waals surface area contributed by atoms with Crippen molar-refractivity contribution in [1.82, 2.24) is 5.32 Å². The summed E-state index contributed by atoms with van der Waals surface area (Å²) in [5.41, 5.74) is 0.409. The van der Waals surface area contributed by atoms with Gasteiger partial charge in [0.05, 0.1) is 13.5 Å². The smallest absolute Gasteiger partial charge is 0.310 e. The average molecular weight is 297 g/mol. The van der Waals surface area contributed by atoms with Crippen molar-refractivity contribution in [3.05, 3.63) is 21.9 Å². The van der Waals surface area contributed by atoms with Gasteiger partial charge in [-0.1, -0.05) is 20.8 Å². The van der Waals surface area contributed by atoms with Crippen molar-refractivity contribution in [2.75, 3.05) is 7.11 Å². The van der Waals surface area contributed by atoms with E-state index in [4.69, 9.17) is 0 Å². The van der Waals surface area contributed by atoms with Crippen molar-refractivity contribution in [1.29, 1.82) is 0 Å². The molecule has 1 heterocycles. The predicted molar refractivity (Wildman–Crippen MR) is 85.0 cm³/mol. The number of nitrogens with one attached hydrogen (secondary N) is 1. The van der Waals surface area contributed by atoms with Crippen LogP contribution in [0, 0.1) is 5.41 Å². The second kappa shape index (κ2) is 6.72. The van der Waals surface area contributed by atoms with Crippen LogP contribution in [0.2, 0.25) is 0 Å². The molecule has 0 radical (unpaired) electrons. The zero-order valence-electron chi connectivity index (χ0n) is 13.5. The van der Waals surface area contributed by atoms with Crippen LogP contribution in [0.25, 0.3) is 0 Å². The van der Waals surface area contributed by atoms with Crippen molar-refractivity contribution < 1.29 is 9.53 Å². The van der Waals surface area contributed by atoms with Crippen LogP contribution in [0.3, 0.4) is 0 Å². The molecular formula is C16H27NO2S. The number of carbonyl (C=O) groups excluding carboxylic acids is 1. The minimum Gasteiger partial charge on any atom is -0.469 e. The number of hydrogen-bond donors (Lipinski definition) is 1. The Morgan fingerprint density at radius 3 is 2.35 bits per heavy atom. The van der Waals surface area contributed by atoms with E-state index in [1.54, 1.807) is 11.3 Å². The molecule has 0 atom stereocenters. The van der Waals surface area contributed by atoms with E-state index < -0.39 is 0 Å². The largest absolute Gasteiger partial charge is 0.469 e. The van der Waals surface area contributed by atoms with E-state index in [1.165, 1.54) is 12.0 Å². The van der Waals surface area contributed by atoms with E-state index >= 15 is 0 Å². The average Bonchev–Trinajstić information content (AvgIpc) is 2.71. The van der Waals surface area contributed by atoms with Crippen LogP contribution >= 0.6 is 11.3 Å². The number of thiophene rings is 1. The molecule has 4 heteroatoms. The lowest BCUT2D eigenvalue weighted by Crippen LogP contribution is -2.41. The molecule has 1 rings (SSSR count). The number of methoxy groups -OCH3 is 1. The molecule has 1 N–H and O–H groups in total. The lowest BCUT2D eigenvalue weighted by Gasteiger charge is -2.33. The van der Waals surface area contributed by atoms with Crippen molar-refractivity contribution in [2.24, 2.45) is 5.41 Å². The second-order valence-corrected chi connectivity index (χ2v) is 8.35. The summed E-state index contributed by atoms with van der Waals surface area (Å²) >= 11 is 1.67. The summed E-state index contributed by atoms with van der Waals surface area (Å²) in [7, 11) is 1.42. The van der Waals surface area contributed by atoms with Gasteiger partial charge in [0.2, 0.25) is 0 Å². The normalized spacial score (nSPS) is 12.5. The van der Waals surface area contributed by atoms with Gasteiger partial charge in [-0.05, 0) is 37.8 Å². The van der Waals surface area contributed by atoms with Crippen LogP contribution in [0.15, 0.2) is 12.1 Å². The van der Waals surface area contributed by atoms with Gasteiger partial charge in [-0.3, -0.25) is 4.79 Å². The molecule has 0 aliphatic carbocycles. The molecule has 3 nitrogen and oxygen atoms in total. The maximum atomic E-state index is 11.2. The Bertz CT molecular complexity index is 444. The van der Waals surface area contributed by atoms with Gasteiger partial charge in [-0.2, -0.15) is 0 Å². The molecule has 0 saturated heterocycles. The first-order valence-corrected chi connectivity index (χ1v) is 7.82. The van der Waals surface area contributed by atoms with Crippen molar-refractivity contribution in [3.63, 3.8) is 0 Å². The molecule has 0 aliphatic heterocycles. The fourth-order valence-corrected chi connectivity index (χ4v) is 3.48. The molecule has 1 aromatic heterocycles. The summed E-state index contributed by atoms with van der Waals surface area (Å²) in [5, 5.41) is 3.61. The van der Waals surface area contributed by atoms with E-state index in [9.17, 15) is 4.79 Å². The molecule has 114 valence electrons. The van der Waals surface area contributed by atoms with Gasteiger partial charge in [0.1, 0.15) is 0 Å². The molecule has 0 spiro atoms. The van der Waals surface area contributed by atoms with Gasteiger partial charge in [0.15, 0.2) is 0 Å². The van der Waals surface area contributed by atoms with Gasteiger partial charge in [-0.25, -0.2) is 0 Å². The molecule has 1 aromatic rings. The van der Waals surface area contributed by atoms with Crippen molar-refractivity contribution in [2.45, 2.75) is 59.5 Å². The molecular weight excluding hydrogens is 270 g/mol. The highest BCUT2D eigenvalue weighted by atomic mass is 32.1. The third-order valence-electron chi connectivity index (χ3n) is 2.98. The maximum Gasteiger partial charge on any atom is 0.310 e. The Morgan fingerprint density at radius 1 is 1.20 bits per heavy atom. The SMILES string of the molecule is COC(=O)Cc1ccc(CNC(C)(C)CC(C)(C)C)s1. The Balaban J connectivity index is 2.51. The van der Waals surface area contributed by atoms with Crippen LogP contribution in [0.5, 0.6) is 0 Å². The standard InChI is InChI=1S/C16H27NO2S/c1-15(2,3)11-16(4,5)17-10-13-8-7-12(20-13)9-14(18)19-6/h7-8,17H,9-11H2,1-6H3. The summed E-state index contributed by atoms with van der Waals surface area (Å²) < 4.78 is 4.68. The van der Waals surface area contributed by atoms with Crippen LogP contribution in [-0.2, 0) is 22.5 Å². The van der Waals surface area contributed by atoms with Crippen LogP contribution in [0.4, 0.5) is 0 Å². The highest BCUT2D eigenvalue weighted by Crippen LogP contribution is 2.27. The number of carbonyl (C=O) groups is 1. The fraction of sp³-hybridized carbons (Fsp3) is 0.688. The monoisotopic (exact) mass is 297 g/mol. The van der Waals surface area contributed by atoms with Crippen molar-refractivity contribution >= 4 is 17.3 Å². The number of rotatable bonds is 6. The van der Waals surface area contributed by atoms with E-state index in [-0.39, 0.29) is 11.5 Å². The zero-order valence-corrected chi connectivity index (χ0v) is 14.3. The highest BCUT2D eigenvalue weighted by molar-refractivity contribution is 7.12. The first-order valence-electron chi connectivity index (χ1n) is 7.01. The Hall–Kier alpha value is -0.870. The summed E-state index contributed by atoms with van der Waals surface area (Å²) in [5.74, 6) is -0.181. The summed E-state index contributed by atoms with van der Waals surface area (Å²) in [6, 6.07) is 4.10. The molecule has 0 bridgehead atoms. The third kappa shape index (κ3) is 6.53. The summed E-state index contributed by atoms with van der Waals surface area (Å²) in [6.45, 7) is 12.1. The van der Waals surface area contributed by atoms with Gasteiger partial charge in [0.25, 0.3) is 0 Å².